The van der Waals surface area contributed by atoms with Gasteiger partial charge < -0.3 is 20.1 Å². The summed E-state index contributed by atoms with van der Waals surface area (Å²) in [5.41, 5.74) is 0. The van der Waals surface area contributed by atoms with Gasteiger partial charge >= 0.3 is 0 Å². The van der Waals surface area contributed by atoms with Gasteiger partial charge in [0.1, 0.15) is 8.64 Å². The molecule has 0 fully saturated rings. The Bertz CT molecular complexity index is 392. The molecule has 0 saturated heterocycles. The van der Waals surface area contributed by atoms with Crippen molar-refractivity contribution in [3.05, 3.63) is 0 Å². The maximum atomic E-state index is 5.19. The van der Waals surface area contributed by atoms with E-state index in [2.05, 4.69) is 10.6 Å². The van der Waals surface area contributed by atoms with Gasteiger partial charge in [0.15, 0.2) is 0 Å². The molecule has 0 aliphatic carbocycles. The van der Waals surface area contributed by atoms with Crippen molar-refractivity contribution in [3.63, 3.8) is 0 Å². The second-order valence-electron chi connectivity index (χ2n) is 3.24. The molecule has 1 atom stereocenters. The van der Waals surface area contributed by atoms with E-state index >= 15 is 0 Å². The van der Waals surface area contributed by atoms with Crippen molar-refractivity contribution in [3.8, 4) is 0 Å². The average molecular weight is 439 g/mol. The SMILES string of the molecule is COC(=S)SSC(=S)NC[C@@H](C)NC(=S)SSC(=S)OC. The zero-order valence-electron chi connectivity index (χ0n) is 11.4. The highest BCUT2D eigenvalue weighted by Gasteiger charge is 2.08. The van der Waals surface area contributed by atoms with Crippen LogP contribution in [0.15, 0.2) is 0 Å². The summed E-state index contributed by atoms with van der Waals surface area (Å²) in [5, 5.41) is 6.27. The molecule has 21 heavy (non-hydrogen) atoms. The van der Waals surface area contributed by atoms with E-state index in [0.717, 1.165) is 0 Å². The molecule has 0 saturated carbocycles. The van der Waals surface area contributed by atoms with Crippen molar-refractivity contribution in [1.82, 2.24) is 10.6 Å². The van der Waals surface area contributed by atoms with E-state index in [4.69, 9.17) is 58.3 Å². The standard InChI is InChI=1S/C9H14N2O2S8/c1-5(11-7(15)19-21-9(17)13-3)4-10-6(14)18-20-8(16)12-2/h5H,4H2,1-3H3,(H,10,14)(H,11,15)/t5-/m1/s1. The minimum atomic E-state index is 0.125. The average Bonchev–Trinajstić information content (AvgIpc) is 2.47. The molecule has 0 aromatic heterocycles. The third-order valence-corrected chi connectivity index (χ3v) is 8.23. The van der Waals surface area contributed by atoms with Gasteiger partial charge in [-0.3, -0.25) is 0 Å². The van der Waals surface area contributed by atoms with Crippen molar-refractivity contribution >= 4 is 109 Å². The fourth-order valence-corrected chi connectivity index (χ4v) is 4.67. The smallest absolute Gasteiger partial charge is 0.230 e. The highest BCUT2D eigenvalue weighted by atomic mass is 33.1. The van der Waals surface area contributed by atoms with Gasteiger partial charge in [0.05, 0.1) is 14.2 Å². The summed E-state index contributed by atoms with van der Waals surface area (Å²) in [6.07, 6.45) is 0. The van der Waals surface area contributed by atoms with Crippen molar-refractivity contribution in [2.45, 2.75) is 13.0 Å². The molecule has 0 bridgehead atoms. The summed E-state index contributed by atoms with van der Waals surface area (Å²) < 4.78 is 11.9. The zero-order chi connectivity index (χ0) is 16.3. The van der Waals surface area contributed by atoms with Crippen LogP contribution in [0, 0.1) is 0 Å². The Labute approximate surface area is 162 Å². The molecule has 0 aromatic rings. The van der Waals surface area contributed by atoms with E-state index in [9.17, 15) is 0 Å². The van der Waals surface area contributed by atoms with Crippen molar-refractivity contribution in [2.24, 2.45) is 0 Å². The predicted octanol–water partition coefficient (Wildman–Crippen LogP) is 3.75. The van der Waals surface area contributed by atoms with E-state index in [1.54, 1.807) is 0 Å². The molecule has 0 heterocycles. The van der Waals surface area contributed by atoms with Gasteiger partial charge in [0.2, 0.25) is 8.77 Å². The highest BCUT2D eigenvalue weighted by molar-refractivity contribution is 8.89. The molecule has 0 unspecified atom stereocenters. The van der Waals surface area contributed by atoms with Crippen LogP contribution in [-0.2, 0) is 9.47 Å². The van der Waals surface area contributed by atoms with Gasteiger partial charge in [0.25, 0.3) is 0 Å². The Morgan fingerprint density at radius 2 is 1.38 bits per heavy atom. The summed E-state index contributed by atoms with van der Waals surface area (Å²) in [4.78, 5) is 0. The third kappa shape index (κ3) is 13.1. The van der Waals surface area contributed by atoms with E-state index in [-0.39, 0.29) is 6.04 Å². The quantitative estimate of drug-likeness (QED) is 0.498. The summed E-state index contributed by atoms with van der Waals surface area (Å²) in [5.74, 6) is 0. The van der Waals surface area contributed by atoms with Crippen LogP contribution in [0.25, 0.3) is 0 Å². The Morgan fingerprint density at radius 1 is 0.905 bits per heavy atom. The van der Waals surface area contributed by atoms with Gasteiger partial charge in [-0.1, -0.05) is 24.4 Å². The molecular weight excluding hydrogens is 425 g/mol. The fraction of sp³-hybridized carbons (Fsp3) is 0.556. The largest absolute Gasteiger partial charge is 0.481 e. The Hall–Kier alpha value is 0.960. The molecule has 2 N–H and O–H groups in total. The van der Waals surface area contributed by atoms with Crippen LogP contribution in [0.2, 0.25) is 0 Å². The lowest BCUT2D eigenvalue weighted by Crippen LogP contribution is -2.39. The molecule has 0 aliphatic heterocycles. The van der Waals surface area contributed by atoms with Crippen LogP contribution in [0.5, 0.6) is 0 Å². The third-order valence-electron chi connectivity index (χ3n) is 1.62. The minimum Gasteiger partial charge on any atom is -0.481 e. The molecule has 0 amide bonds. The second-order valence-corrected chi connectivity index (χ2v) is 10.1. The molecule has 12 heteroatoms. The predicted molar refractivity (Wildman–Crippen MR) is 115 cm³/mol. The molecular formula is C9H14N2O2S8. The topological polar surface area (TPSA) is 42.5 Å². The van der Waals surface area contributed by atoms with Gasteiger partial charge in [-0.2, -0.15) is 0 Å². The molecule has 0 rings (SSSR count). The van der Waals surface area contributed by atoms with Crippen molar-refractivity contribution < 1.29 is 9.47 Å². The molecule has 4 nitrogen and oxygen atoms in total. The lowest BCUT2D eigenvalue weighted by molar-refractivity contribution is 0.426. The summed E-state index contributed by atoms with van der Waals surface area (Å²) >= 11 is 20.2. The molecule has 0 aliphatic rings. The first-order valence-electron chi connectivity index (χ1n) is 5.32. The first-order chi connectivity index (χ1) is 9.88. The number of hydrogen-bond donors (Lipinski definition) is 2. The number of methoxy groups -OCH3 is 2. The summed E-state index contributed by atoms with van der Waals surface area (Å²) in [6.45, 7) is 2.64. The Morgan fingerprint density at radius 3 is 1.86 bits per heavy atom. The number of hydrogen-bond acceptors (Lipinski definition) is 10. The van der Waals surface area contributed by atoms with Gasteiger partial charge in [-0.25, -0.2) is 0 Å². The zero-order valence-corrected chi connectivity index (χ0v) is 17.9. The monoisotopic (exact) mass is 438 g/mol. The lowest BCUT2D eigenvalue weighted by atomic mass is 10.3. The molecule has 0 spiro atoms. The van der Waals surface area contributed by atoms with Gasteiger partial charge in [-0.15, -0.1) is 0 Å². The van der Waals surface area contributed by atoms with E-state index < -0.39 is 0 Å². The van der Waals surface area contributed by atoms with E-state index in [1.807, 2.05) is 6.92 Å². The Kier molecular flexibility index (Phi) is 14.0. The molecule has 120 valence electrons. The first-order valence-corrected chi connectivity index (χ1v) is 11.3. The van der Waals surface area contributed by atoms with Crippen molar-refractivity contribution in [1.29, 1.82) is 0 Å². The highest BCUT2D eigenvalue weighted by Crippen LogP contribution is 2.25. The number of ether oxygens (including phenoxy) is 2. The second kappa shape index (κ2) is 13.4. The maximum Gasteiger partial charge on any atom is 0.230 e. The van der Waals surface area contributed by atoms with Crippen LogP contribution in [-0.4, -0.2) is 44.2 Å². The van der Waals surface area contributed by atoms with Gasteiger partial charge in [0, 0.05) is 34.2 Å². The van der Waals surface area contributed by atoms with Crippen LogP contribution in [0.4, 0.5) is 0 Å². The van der Waals surface area contributed by atoms with Crippen LogP contribution in [0.3, 0.4) is 0 Å². The van der Waals surface area contributed by atoms with E-state index in [0.29, 0.717) is 24.0 Å². The molecule has 0 radical (unpaired) electrons. The van der Waals surface area contributed by atoms with Gasteiger partial charge in [-0.05, 0) is 52.9 Å². The van der Waals surface area contributed by atoms with Crippen molar-refractivity contribution in [2.75, 3.05) is 20.8 Å². The number of thiocarbonyl (C=S) groups is 4. The van der Waals surface area contributed by atoms with Crippen LogP contribution in [0.1, 0.15) is 6.92 Å². The summed E-state index contributed by atoms with van der Waals surface area (Å²) in [6, 6.07) is 0.125. The maximum absolute atomic E-state index is 5.19. The first kappa shape index (κ1) is 22.0. The van der Waals surface area contributed by atoms with Crippen LogP contribution >= 0.6 is 92.0 Å². The molecule has 0 aromatic carbocycles. The fourth-order valence-electron chi connectivity index (χ4n) is 0.754. The van der Waals surface area contributed by atoms with E-state index in [1.165, 1.54) is 57.4 Å². The lowest BCUT2D eigenvalue weighted by Gasteiger charge is -2.16. The van der Waals surface area contributed by atoms with Crippen LogP contribution < -0.4 is 10.6 Å². The number of nitrogens with one attached hydrogen (secondary N) is 2. The minimum absolute atomic E-state index is 0.125. The summed E-state index contributed by atoms with van der Waals surface area (Å²) in [7, 11) is 8.38. The Balaban J connectivity index is 3.80. The normalized spacial score (nSPS) is 11.2. The number of rotatable bonds is 3.